The van der Waals surface area contributed by atoms with Crippen molar-refractivity contribution in [3.05, 3.63) is 62.6 Å². The van der Waals surface area contributed by atoms with Gasteiger partial charge in [0.15, 0.2) is 17.3 Å². The van der Waals surface area contributed by atoms with E-state index in [1.807, 2.05) is 6.07 Å². The number of methoxy groups -OCH3 is 1. The average molecular weight is 435 g/mol. The monoisotopic (exact) mass is 434 g/mol. The molecule has 0 aliphatic carbocycles. The fourth-order valence-electron chi connectivity index (χ4n) is 2.53. The van der Waals surface area contributed by atoms with Gasteiger partial charge in [-0.3, -0.25) is 9.79 Å². The number of thiazole rings is 1. The number of carbonyl (C=O) groups is 1. The molecule has 0 unspecified atom stereocenters. The summed E-state index contributed by atoms with van der Waals surface area (Å²) in [6, 6.07) is 10.2. The Hall–Kier alpha value is -2.41. The summed E-state index contributed by atoms with van der Waals surface area (Å²) in [6.45, 7) is 1.75. The van der Waals surface area contributed by atoms with E-state index in [-0.39, 0.29) is 18.1 Å². The lowest BCUT2D eigenvalue weighted by molar-refractivity contribution is 0.100. The highest BCUT2D eigenvalue weighted by atomic mass is 35.5. The average Bonchev–Trinajstić information content (AvgIpc) is 3.05. The maximum atomic E-state index is 12.5. The molecule has 0 saturated heterocycles. The SMILES string of the molecule is COc1ccc(C=NCC(=O)c2sc(-c3cccc(Cl)c3Cl)nc2C)cc1O. The van der Waals surface area contributed by atoms with Crippen LogP contribution >= 0.6 is 34.5 Å². The molecular weight excluding hydrogens is 419 g/mol. The fourth-order valence-corrected chi connectivity index (χ4v) is 4.01. The molecule has 0 saturated carbocycles. The van der Waals surface area contributed by atoms with Gasteiger partial charge in [-0.25, -0.2) is 4.98 Å². The zero-order valence-corrected chi connectivity index (χ0v) is 17.4. The Morgan fingerprint density at radius 3 is 2.82 bits per heavy atom. The van der Waals surface area contributed by atoms with Gasteiger partial charge in [0.05, 0.1) is 27.7 Å². The minimum absolute atomic E-state index is 0.0131. The third kappa shape index (κ3) is 4.35. The largest absolute Gasteiger partial charge is 0.504 e. The first-order valence-electron chi connectivity index (χ1n) is 8.22. The number of rotatable bonds is 6. The minimum atomic E-state index is -0.145. The summed E-state index contributed by atoms with van der Waals surface area (Å²) in [7, 11) is 1.48. The molecule has 0 spiro atoms. The number of ketones is 1. The number of aliphatic imine (C=N–C) groups is 1. The maximum Gasteiger partial charge on any atom is 0.196 e. The highest BCUT2D eigenvalue weighted by Crippen LogP contribution is 2.36. The Morgan fingerprint density at radius 1 is 1.32 bits per heavy atom. The van der Waals surface area contributed by atoms with Crippen molar-refractivity contribution in [2.75, 3.05) is 13.7 Å². The molecule has 0 bridgehead atoms. The predicted octanol–water partition coefficient (Wildman–Crippen LogP) is 5.44. The van der Waals surface area contributed by atoms with E-state index < -0.39 is 0 Å². The summed E-state index contributed by atoms with van der Waals surface area (Å²) in [5.41, 5.74) is 1.98. The molecule has 0 radical (unpaired) electrons. The van der Waals surface area contributed by atoms with Crippen LogP contribution in [0.2, 0.25) is 10.0 Å². The van der Waals surface area contributed by atoms with Crippen molar-refractivity contribution in [1.29, 1.82) is 0 Å². The topological polar surface area (TPSA) is 71.8 Å². The van der Waals surface area contributed by atoms with E-state index in [4.69, 9.17) is 27.9 Å². The summed E-state index contributed by atoms with van der Waals surface area (Å²) in [6.07, 6.45) is 1.53. The van der Waals surface area contributed by atoms with E-state index in [1.54, 1.807) is 31.2 Å². The quantitative estimate of drug-likeness (QED) is 0.413. The first-order valence-corrected chi connectivity index (χ1v) is 9.79. The van der Waals surface area contributed by atoms with Crippen molar-refractivity contribution in [2.45, 2.75) is 6.92 Å². The number of aryl methyl sites for hydroxylation is 1. The number of hydrogen-bond donors (Lipinski definition) is 1. The number of benzene rings is 2. The minimum Gasteiger partial charge on any atom is -0.504 e. The van der Waals surface area contributed by atoms with Crippen LogP contribution in [-0.4, -0.2) is 35.7 Å². The lowest BCUT2D eigenvalue weighted by Gasteiger charge is -2.03. The molecule has 1 N–H and O–H groups in total. The fraction of sp³-hybridized carbons (Fsp3) is 0.150. The Bertz CT molecular complexity index is 1060. The van der Waals surface area contributed by atoms with Crippen molar-refractivity contribution >= 4 is 46.5 Å². The van der Waals surface area contributed by atoms with Crippen LogP contribution in [-0.2, 0) is 0 Å². The zero-order chi connectivity index (χ0) is 20.3. The smallest absolute Gasteiger partial charge is 0.196 e. The van der Waals surface area contributed by atoms with Gasteiger partial charge in [0.1, 0.15) is 11.6 Å². The Morgan fingerprint density at radius 2 is 2.11 bits per heavy atom. The maximum absolute atomic E-state index is 12.5. The number of phenols is 1. The van der Waals surface area contributed by atoms with E-state index in [9.17, 15) is 9.90 Å². The molecule has 3 aromatic rings. The highest BCUT2D eigenvalue weighted by Gasteiger charge is 2.18. The van der Waals surface area contributed by atoms with Crippen LogP contribution in [0.15, 0.2) is 41.4 Å². The summed E-state index contributed by atoms with van der Waals surface area (Å²) in [5.74, 6) is 0.244. The number of aromatic hydroxyl groups is 1. The van der Waals surface area contributed by atoms with Gasteiger partial charge in [0.2, 0.25) is 0 Å². The number of phenolic OH excluding ortho intramolecular Hbond substituents is 1. The number of nitrogens with zero attached hydrogens (tertiary/aromatic N) is 2. The predicted molar refractivity (Wildman–Crippen MR) is 114 cm³/mol. The zero-order valence-electron chi connectivity index (χ0n) is 15.1. The number of halogens is 2. The molecule has 0 atom stereocenters. The lowest BCUT2D eigenvalue weighted by atomic mass is 10.2. The summed E-state index contributed by atoms with van der Waals surface area (Å²) in [4.78, 5) is 21.7. The van der Waals surface area contributed by atoms with Crippen LogP contribution in [0.25, 0.3) is 10.6 Å². The van der Waals surface area contributed by atoms with Crippen molar-refractivity contribution < 1.29 is 14.6 Å². The van der Waals surface area contributed by atoms with Crippen LogP contribution in [0, 0.1) is 6.92 Å². The molecule has 1 aromatic heterocycles. The van der Waals surface area contributed by atoms with E-state index in [2.05, 4.69) is 9.98 Å². The molecule has 28 heavy (non-hydrogen) atoms. The van der Waals surface area contributed by atoms with Gasteiger partial charge in [0.25, 0.3) is 0 Å². The Balaban J connectivity index is 1.75. The van der Waals surface area contributed by atoms with Crippen molar-refractivity contribution in [3.8, 4) is 22.1 Å². The number of ether oxygens (including phenoxy) is 1. The number of carbonyl (C=O) groups excluding carboxylic acids is 1. The van der Waals surface area contributed by atoms with E-state index in [0.29, 0.717) is 42.5 Å². The van der Waals surface area contributed by atoms with Crippen LogP contribution < -0.4 is 4.74 Å². The summed E-state index contributed by atoms with van der Waals surface area (Å²) < 4.78 is 5.00. The molecule has 8 heteroatoms. The molecule has 1 heterocycles. The molecule has 3 rings (SSSR count). The van der Waals surface area contributed by atoms with Gasteiger partial charge in [0, 0.05) is 11.8 Å². The molecule has 144 valence electrons. The van der Waals surface area contributed by atoms with Crippen molar-refractivity contribution in [3.63, 3.8) is 0 Å². The second-order valence-corrected chi connectivity index (χ2v) is 7.64. The van der Waals surface area contributed by atoms with Gasteiger partial charge >= 0.3 is 0 Å². The van der Waals surface area contributed by atoms with Crippen LogP contribution in [0.5, 0.6) is 11.5 Å². The highest BCUT2D eigenvalue weighted by molar-refractivity contribution is 7.17. The van der Waals surface area contributed by atoms with Crippen LogP contribution in [0.3, 0.4) is 0 Å². The lowest BCUT2D eigenvalue weighted by Crippen LogP contribution is -2.03. The summed E-state index contributed by atoms with van der Waals surface area (Å²) in [5, 5.41) is 11.3. The van der Waals surface area contributed by atoms with Crippen molar-refractivity contribution in [2.24, 2.45) is 4.99 Å². The molecule has 0 fully saturated rings. The Labute approximate surface area is 176 Å². The normalized spacial score (nSPS) is 11.1. The summed E-state index contributed by atoms with van der Waals surface area (Å²) >= 11 is 13.6. The van der Waals surface area contributed by atoms with Crippen molar-refractivity contribution in [1.82, 2.24) is 4.98 Å². The second kappa shape index (κ2) is 8.73. The second-order valence-electron chi connectivity index (χ2n) is 5.86. The molecule has 5 nitrogen and oxygen atoms in total. The van der Waals surface area contributed by atoms with E-state index in [1.165, 1.54) is 30.7 Å². The van der Waals surface area contributed by atoms with Gasteiger partial charge < -0.3 is 9.84 Å². The Kier molecular flexibility index (Phi) is 6.34. The van der Waals surface area contributed by atoms with Gasteiger partial charge in [-0.1, -0.05) is 35.3 Å². The first kappa shape index (κ1) is 20.3. The van der Waals surface area contributed by atoms with Crippen LogP contribution in [0.4, 0.5) is 0 Å². The standard InChI is InChI=1S/C20H16Cl2N2O3S/c1-11-19(28-20(24-11)13-4-3-5-14(21)18(13)22)16(26)10-23-9-12-6-7-17(27-2)15(25)8-12/h3-9,25H,10H2,1-2H3. The number of Topliss-reactive ketones (excluding diaryl/α,β-unsaturated/α-hetero) is 1. The molecule has 0 amide bonds. The van der Waals surface area contributed by atoms with Crippen LogP contribution in [0.1, 0.15) is 20.9 Å². The van der Waals surface area contributed by atoms with E-state index in [0.717, 1.165) is 0 Å². The van der Waals surface area contributed by atoms with Gasteiger partial charge in [-0.2, -0.15) is 0 Å². The van der Waals surface area contributed by atoms with Gasteiger partial charge in [-0.05, 0) is 36.8 Å². The molecular formula is C20H16Cl2N2O3S. The third-order valence-corrected chi connectivity index (χ3v) is 5.96. The molecule has 2 aromatic carbocycles. The van der Waals surface area contributed by atoms with E-state index >= 15 is 0 Å². The van der Waals surface area contributed by atoms with Gasteiger partial charge in [-0.15, -0.1) is 11.3 Å². The molecule has 0 aliphatic heterocycles. The molecule has 0 aliphatic rings. The third-order valence-electron chi connectivity index (χ3n) is 3.91. The first-order chi connectivity index (χ1) is 13.4. The number of hydrogen-bond acceptors (Lipinski definition) is 6. The number of aromatic nitrogens is 1.